The van der Waals surface area contributed by atoms with Crippen LogP contribution in [0, 0.1) is 19.7 Å². The van der Waals surface area contributed by atoms with Crippen molar-refractivity contribution in [3.8, 4) is 0 Å². The summed E-state index contributed by atoms with van der Waals surface area (Å²) in [7, 11) is 0. The summed E-state index contributed by atoms with van der Waals surface area (Å²) in [6.07, 6.45) is 0. The van der Waals surface area contributed by atoms with Crippen LogP contribution in [0.2, 0.25) is 5.02 Å². The van der Waals surface area contributed by atoms with E-state index in [1.165, 1.54) is 6.07 Å². The number of anilines is 1. The number of carboxylic acid groups (broad SMARTS) is 1. The van der Waals surface area contributed by atoms with Crippen LogP contribution < -0.4 is 5.32 Å². The molecule has 21 heavy (non-hydrogen) atoms. The van der Waals surface area contributed by atoms with E-state index in [2.05, 4.69) is 5.32 Å². The monoisotopic (exact) mass is 307 g/mol. The molecule has 0 saturated carbocycles. The Morgan fingerprint density at radius 3 is 2.38 bits per heavy atom. The van der Waals surface area contributed by atoms with Crippen molar-refractivity contribution < 1.29 is 14.3 Å². The van der Waals surface area contributed by atoms with E-state index in [4.69, 9.17) is 16.7 Å². The number of hydrogen-bond donors (Lipinski definition) is 2. The normalized spacial score (nSPS) is 10.5. The molecule has 2 aromatic carbocycles. The standard InChI is InChI=1S/C16H15ClFNO2/c1-9-5-11(6-10(2)15(9)18)8-19-12-3-4-13(16(20)21)14(17)7-12/h3-7,19H,8H2,1-2H3,(H,20,21). The van der Waals surface area contributed by atoms with E-state index < -0.39 is 5.97 Å². The third-order valence-electron chi connectivity index (χ3n) is 3.19. The molecule has 0 saturated heterocycles. The molecular weight excluding hydrogens is 293 g/mol. The summed E-state index contributed by atoms with van der Waals surface area (Å²) in [6, 6.07) is 8.23. The summed E-state index contributed by atoms with van der Waals surface area (Å²) in [6.45, 7) is 3.96. The largest absolute Gasteiger partial charge is 0.478 e. The van der Waals surface area contributed by atoms with Crippen molar-refractivity contribution in [2.45, 2.75) is 20.4 Å². The van der Waals surface area contributed by atoms with Crippen molar-refractivity contribution in [1.82, 2.24) is 0 Å². The van der Waals surface area contributed by atoms with Crippen molar-refractivity contribution in [1.29, 1.82) is 0 Å². The van der Waals surface area contributed by atoms with Crippen LogP contribution in [0.15, 0.2) is 30.3 Å². The maximum absolute atomic E-state index is 13.6. The quantitative estimate of drug-likeness (QED) is 0.880. The zero-order chi connectivity index (χ0) is 15.6. The molecule has 3 nitrogen and oxygen atoms in total. The minimum atomic E-state index is -1.06. The first-order valence-electron chi connectivity index (χ1n) is 6.41. The summed E-state index contributed by atoms with van der Waals surface area (Å²) in [4.78, 5) is 10.9. The number of halogens is 2. The van der Waals surface area contributed by atoms with E-state index >= 15 is 0 Å². The second kappa shape index (κ2) is 6.14. The fourth-order valence-electron chi connectivity index (χ4n) is 2.14. The minimum Gasteiger partial charge on any atom is -0.478 e. The van der Waals surface area contributed by atoms with Crippen LogP contribution >= 0.6 is 11.6 Å². The van der Waals surface area contributed by atoms with Crippen molar-refractivity contribution in [2.75, 3.05) is 5.32 Å². The van der Waals surface area contributed by atoms with Gasteiger partial charge >= 0.3 is 5.97 Å². The molecule has 5 heteroatoms. The maximum atomic E-state index is 13.6. The average molecular weight is 308 g/mol. The van der Waals surface area contributed by atoms with Crippen LogP contribution in [0.4, 0.5) is 10.1 Å². The van der Waals surface area contributed by atoms with Crippen LogP contribution in [0.25, 0.3) is 0 Å². The Kier molecular flexibility index (Phi) is 4.48. The molecule has 0 heterocycles. The van der Waals surface area contributed by atoms with Gasteiger partial charge in [0.25, 0.3) is 0 Å². The summed E-state index contributed by atoms with van der Waals surface area (Å²) < 4.78 is 13.6. The summed E-state index contributed by atoms with van der Waals surface area (Å²) in [5, 5.41) is 12.2. The minimum absolute atomic E-state index is 0.0655. The van der Waals surface area contributed by atoms with Gasteiger partial charge in [-0.25, -0.2) is 9.18 Å². The first kappa shape index (κ1) is 15.3. The number of benzene rings is 2. The zero-order valence-corrected chi connectivity index (χ0v) is 12.5. The lowest BCUT2D eigenvalue weighted by molar-refractivity contribution is 0.0697. The molecule has 0 aliphatic carbocycles. The van der Waals surface area contributed by atoms with Crippen LogP contribution in [-0.2, 0) is 6.54 Å². The van der Waals surface area contributed by atoms with Gasteiger partial charge in [-0.2, -0.15) is 0 Å². The molecule has 0 radical (unpaired) electrons. The zero-order valence-electron chi connectivity index (χ0n) is 11.7. The second-order valence-electron chi connectivity index (χ2n) is 4.90. The van der Waals surface area contributed by atoms with Gasteiger partial charge in [-0.1, -0.05) is 23.7 Å². The number of hydrogen-bond acceptors (Lipinski definition) is 2. The van der Waals surface area contributed by atoms with Gasteiger partial charge in [-0.05, 0) is 48.7 Å². The van der Waals surface area contributed by atoms with Crippen molar-refractivity contribution >= 4 is 23.3 Å². The highest BCUT2D eigenvalue weighted by molar-refractivity contribution is 6.33. The van der Waals surface area contributed by atoms with Gasteiger partial charge in [-0.3, -0.25) is 0 Å². The molecule has 0 atom stereocenters. The Labute approximate surface area is 127 Å². The van der Waals surface area contributed by atoms with Crippen molar-refractivity contribution in [3.05, 3.63) is 63.4 Å². The molecule has 2 N–H and O–H groups in total. The predicted molar refractivity (Wildman–Crippen MR) is 81.6 cm³/mol. The Hall–Kier alpha value is -2.07. The first-order valence-corrected chi connectivity index (χ1v) is 6.78. The van der Waals surface area contributed by atoms with E-state index in [1.54, 1.807) is 38.1 Å². The van der Waals surface area contributed by atoms with Gasteiger partial charge in [0.2, 0.25) is 0 Å². The molecular formula is C16H15ClFNO2. The lowest BCUT2D eigenvalue weighted by Gasteiger charge is -2.10. The van der Waals surface area contributed by atoms with Crippen molar-refractivity contribution in [3.63, 3.8) is 0 Å². The van der Waals surface area contributed by atoms with Crippen LogP contribution in [0.1, 0.15) is 27.0 Å². The summed E-state index contributed by atoms with van der Waals surface area (Å²) >= 11 is 5.91. The number of nitrogens with one attached hydrogen (secondary N) is 1. The third-order valence-corrected chi connectivity index (χ3v) is 3.51. The van der Waals surface area contributed by atoms with Gasteiger partial charge < -0.3 is 10.4 Å². The lowest BCUT2D eigenvalue weighted by atomic mass is 10.1. The molecule has 0 unspecified atom stereocenters. The van der Waals surface area contributed by atoms with Crippen LogP contribution in [-0.4, -0.2) is 11.1 Å². The number of aromatic carboxylic acids is 1. The molecule has 0 bridgehead atoms. The molecule has 110 valence electrons. The third kappa shape index (κ3) is 3.52. The Bertz CT molecular complexity index is 678. The molecule has 2 rings (SSSR count). The van der Waals surface area contributed by atoms with Gasteiger partial charge in [-0.15, -0.1) is 0 Å². The number of carbonyl (C=O) groups is 1. The molecule has 0 aromatic heterocycles. The summed E-state index contributed by atoms with van der Waals surface area (Å²) in [5.74, 6) is -1.25. The fraction of sp³-hybridized carbons (Fsp3) is 0.188. The fourth-order valence-corrected chi connectivity index (χ4v) is 2.40. The Morgan fingerprint density at radius 1 is 1.24 bits per heavy atom. The van der Waals surface area contributed by atoms with E-state index in [0.717, 1.165) is 5.56 Å². The highest BCUT2D eigenvalue weighted by Gasteiger charge is 2.09. The Morgan fingerprint density at radius 2 is 1.86 bits per heavy atom. The lowest BCUT2D eigenvalue weighted by Crippen LogP contribution is -2.03. The Balaban J connectivity index is 2.13. The van der Waals surface area contributed by atoms with E-state index in [-0.39, 0.29) is 16.4 Å². The smallest absolute Gasteiger partial charge is 0.337 e. The van der Waals surface area contributed by atoms with E-state index in [1.807, 2.05) is 0 Å². The molecule has 0 amide bonds. The highest BCUT2D eigenvalue weighted by Crippen LogP contribution is 2.22. The number of carboxylic acids is 1. The van der Waals surface area contributed by atoms with Gasteiger partial charge in [0.1, 0.15) is 5.82 Å². The van der Waals surface area contributed by atoms with Crippen molar-refractivity contribution in [2.24, 2.45) is 0 Å². The van der Waals surface area contributed by atoms with Crippen LogP contribution in [0.5, 0.6) is 0 Å². The number of aryl methyl sites for hydroxylation is 2. The average Bonchev–Trinajstić information content (AvgIpc) is 2.42. The molecule has 2 aromatic rings. The molecule has 0 spiro atoms. The molecule has 0 aliphatic rings. The highest BCUT2D eigenvalue weighted by atomic mass is 35.5. The number of rotatable bonds is 4. The van der Waals surface area contributed by atoms with Gasteiger partial charge in [0, 0.05) is 12.2 Å². The first-order chi connectivity index (χ1) is 9.88. The summed E-state index contributed by atoms with van der Waals surface area (Å²) in [5.41, 5.74) is 2.93. The van der Waals surface area contributed by atoms with Gasteiger partial charge in [0.05, 0.1) is 10.6 Å². The maximum Gasteiger partial charge on any atom is 0.337 e. The predicted octanol–water partition coefficient (Wildman–Crippen LogP) is 4.41. The molecule has 0 aliphatic heterocycles. The SMILES string of the molecule is Cc1cc(CNc2ccc(C(=O)O)c(Cl)c2)cc(C)c1F. The second-order valence-corrected chi connectivity index (χ2v) is 5.30. The van der Waals surface area contributed by atoms with E-state index in [9.17, 15) is 9.18 Å². The van der Waals surface area contributed by atoms with Crippen LogP contribution in [0.3, 0.4) is 0 Å². The van der Waals surface area contributed by atoms with E-state index in [0.29, 0.717) is 23.4 Å². The van der Waals surface area contributed by atoms with Gasteiger partial charge in [0.15, 0.2) is 0 Å². The molecule has 0 fully saturated rings. The topological polar surface area (TPSA) is 49.3 Å².